The van der Waals surface area contributed by atoms with Gasteiger partial charge in [0.25, 0.3) is 0 Å². The number of hydrogen-bond acceptors (Lipinski definition) is 3. The molecular weight excluding hydrogens is 362 g/mol. The van der Waals surface area contributed by atoms with Crippen molar-refractivity contribution >= 4 is 22.4 Å². The summed E-state index contributed by atoms with van der Waals surface area (Å²) in [7, 11) is 1.81. The second-order valence-electron chi connectivity index (χ2n) is 8.35. The molecule has 0 aromatic heterocycles. The molecule has 2 aliphatic rings. The molecule has 0 amide bonds. The first-order chi connectivity index (χ1) is 14.0. The van der Waals surface area contributed by atoms with E-state index in [0.29, 0.717) is 12.3 Å². The second kappa shape index (κ2) is 8.03. The molecule has 4 nitrogen and oxygen atoms in total. The van der Waals surface area contributed by atoms with Gasteiger partial charge in [-0.05, 0) is 53.6 Å². The standard InChI is InChI=1S/C25H29NO3/c1-29-25(21-4-2-3-5-21)13-12-17(6-11-24(27)28)14-23(25)19-8-7-18-9-10-22(26)16-20(18)15-19/h7-10,12-16,21,23H,2-6,11,26H2,1H3,(H,27,28). The summed E-state index contributed by atoms with van der Waals surface area (Å²) in [6.07, 6.45) is 12.0. The van der Waals surface area contributed by atoms with E-state index in [1.807, 2.05) is 25.3 Å². The van der Waals surface area contributed by atoms with Gasteiger partial charge in [-0.2, -0.15) is 0 Å². The normalized spacial score (nSPS) is 24.7. The fourth-order valence-corrected chi connectivity index (χ4v) is 5.12. The molecule has 0 spiro atoms. The predicted octanol–water partition coefficient (Wildman–Crippen LogP) is 5.44. The molecule has 1 fully saturated rings. The zero-order valence-corrected chi connectivity index (χ0v) is 16.9. The zero-order chi connectivity index (χ0) is 20.4. The lowest BCUT2D eigenvalue weighted by molar-refractivity contribution is -0.136. The van der Waals surface area contributed by atoms with Gasteiger partial charge < -0.3 is 15.6 Å². The highest BCUT2D eigenvalue weighted by Crippen LogP contribution is 2.49. The van der Waals surface area contributed by atoms with Crippen LogP contribution in [0.15, 0.2) is 60.2 Å². The lowest BCUT2D eigenvalue weighted by Crippen LogP contribution is -2.43. The quantitative estimate of drug-likeness (QED) is 0.643. The van der Waals surface area contributed by atoms with Gasteiger partial charge in [0.2, 0.25) is 0 Å². The number of methoxy groups -OCH3 is 1. The number of carbonyl (C=O) groups is 1. The van der Waals surface area contributed by atoms with Crippen LogP contribution in [0, 0.1) is 5.92 Å². The monoisotopic (exact) mass is 391 g/mol. The molecule has 0 heterocycles. The lowest BCUT2D eigenvalue weighted by Gasteiger charge is -2.43. The molecule has 2 aliphatic carbocycles. The molecule has 4 rings (SSSR count). The number of nitrogen functional groups attached to an aromatic ring is 1. The Labute approximate surface area is 172 Å². The number of nitrogens with two attached hydrogens (primary N) is 1. The number of rotatable bonds is 6. The number of anilines is 1. The number of allylic oxidation sites excluding steroid dienone is 2. The van der Waals surface area contributed by atoms with Crippen molar-refractivity contribution in [3.05, 3.63) is 65.8 Å². The average Bonchev–Trinajstić information content (AvgIpc) is 3.27. The molecule has 2 atom stereocenters. The van der Waals surface area contributed by atoms with Crippen molar-refractivity contribution in [2.24, 2.45) is 5.92 Å². The third-order valence-electron chi connectivity index (χ3n) is 6.65. The Hall–Kier alpha value is -2.59. The molecule has 0 aliphatic heterocycles. The van der Waals surface area contributed by atoms with Crippen LogP contribution in [0.4, 0.5) is 5.69 Å². The van der Waals surface area contributed by atoms with Crippen LogP contribution in [0.25, 0.3) is 10.8 Å². The van der Waals surface area contributed by atoms with Gasteiger partial charge >= 0.3 is 5.97 Å². The molecule has 1 saturated carbocycles. The maximum atomic E-state index is 11.1. The van der Waals surface area contributed by atoms with Gasteiger partial charge in [-0.1, -0.05) is 60.9 Å². The number of benzene rings is 2. The lowest BCUT2D eigenvalue weighted by atomic mass is 9.69. The minimum absolute atomic E-state index is 0.0511. The van der Waals surface area contributed by atoms with E-state index in [2.05, 4.69) is 36.4 Å². The van der Waals surface area contributed by atoms with Crippen molar-refractivity contribution in [1.29, 1.82) is 0 Å². The van der Waals surface area contributed by atoms with Crippen molar-refractivity contribution in [2.45, 2.75) is 50.0 Å². The largest absolute Gasteiger partial charge is 0.481 e. The van der Waals surface area contributed by atoms with Crippen LogP contribution in [-0.4, -0.2) is 23.8 Å². The van der Waals surface area contributed by atoms with E-state index in [9.17, 15) is 4.79 Å². The average molecular weight is 392 g/mol. The Morgan fingerprint density at radius 3 is 2.66 bits per heavy atom. The summed E-state index contributed by atoms with van der Waals surface area (Å²) in [5, 5.41) is 11.4. The third-order valence-corrected chi connectivity index (χ3v) is 6.65. The summed E-state index contributed by atoms with van der Waals surface area (Å²) in [5.41, 5.74) is 8.64. The molecule has 2 aromatic rings. The Balaban J connectivity index is 1.78. The van der Waals surface area contributed by atoms with E-state index in [1.54, 1.807) is 0 Å². The second-order valence-corrected chi connectivity index (χ2v) is 8.35. The van der Waals surface area contributed by atoms with Crippen LogP contribution in [0.5, 0.6) is 0 Å². The summed E-state index contributed by atoms with van der Waals surface area (Å²) in [6, 6.07) is 12.5. The van der Waals surface area contributed by atoms with Crippen molar-refractivity contribution in [1.82, 2.24) is 0 Å². The fourth-order valence-electron chi connectivity index (χ4n) is 5.12. The van der Waals surface area contributed by atoms with Gasteiger partial charge in [0.05, 0.1) is 5.60 Å². The summed E-state index contributed by atoms with van der Waals surface area (Å²) in [6.45, 7) is 0. The molecule has 0 saturated heterocycles. The Morgan fingerprint density at radius 1 is 1.17 bits per heavy atom. The van der Waals surface area contributed by atoms with Crippen LogP contribution in [-0.2, 0) is 9.53 Å². The SMILES string of the molecule is COC1(C2CCCC2)C=CC(CCC(=O)O)=CC1c1ccc2ccc(N)cc2c1. The van der Waals surface area contributed by atoms with Gasteiger partial charge in [0, 0.05) is 25.1 Å². The first-order valence-corrected chi connectivity index (χ1v) is 10.5. The highest BCUT2D eigenvalue weighted by atomic mass is 16.5. The highest BCUT2D eigenvalue weighted by molar-refractivity contribution is 5.86. The molecular formula is C25H29NO3. The molecule has 0 radical (unpaired) electrons. The molecule has 29 heavy (non-hydrogen) atoms. The van der Waals surface area contributed by atoms with Gasteiger partial charge in [-0.15, -0.1) is 0 Å². The van der Waals surface area contributed by atoms with Gasteiger partial charge in [0.15, 0.2) is 0 Å². The van der Waals surface area contributed by atoms with E-state index in [-0.39, 0.29) is 12.3 Å². The molecule has 4 heteroatoms. The molecule has 2 unspecified atom stereocenters. The maximum absolute atomic E-state index is 11.1. The smallest absolute Gasteiger partial charge is 0.303 e. The zero-order valence-electron chi connectivity index (χ0n) is 16.9. The molecule has 2 aromatic carbocycles. The maximum Gasteiger partial charge on any atom is 0.303 e. The van der Waals surface area contributed by atoms with Gasteiger partial charge in [0.1, 0.15) is 0 Å². The number of hydrogen-bond donors (Lipinski definition) is 2. The first-order valence-electron chi connectivity index (χ1n) is 10.5. The summed E-state index contributed by atoms with van der Waals surface area (Å²) in [4.78, 5) is 11.1. The number of carboxylic acids is 1. The fraction of sp³-hybridized carbons (Fsp3) is 0.400. The Kier molecular flexibility index (Phi) is 5.46. The topological polar surface area (TPSA) is 72.5 Å². The molecule has 3 N–H and O–H groups in total. The minimum atomic E-state index is -0.767. The van der Waals surface area contributed by atoms with Gasteiger partial charge in [-0.25, -0.2) is 0 Å². The van der Waals surface area contributed by atoms with Gasteiger partial charge in [-0.3, -0.25) is 4.79 Å². The number of carboxylic acid groups (broad SMARTS) is 1. The van der Waals surface area contributed by atoms with Crippen LogP contribution < -0.4 is 5.73 Å². The number of aliphatic carboxylic acids is 1. The van der Waals surface area contributed by atoms with E-state index in [4.69, 9.17) is 15.6 Å². The predicted molar refractivity (Wildman–Crippen MR) is 117 cm³/mol. The van der Waals surface area contributed by atoms with Crippen LogP contribution in [0.2, 0.25) is 0 Å². The number of fused-ring (bicyclic) bond motifs is 1. The Bertz CT molecular complexity index is 971. The van der Waals surface area contributed by atoms with Crippen molar-refractivity contribution in [2.75, 3.05) is 12.8 Å². The van der Waals surface area contributed by atoms with Crippen LogP contribution in [0.3, 0.4) is 0 Å². The summed E-state index contributed by atoms with van der Waals surface area (Å²) >= 11 is 0. The van der Waals surface area contributed by atoms with Crippen molar-refractivity contribution in [3.8, 4) is 0 Å². The summed E-state index contributed by atoms with van der Waals surface area (Å²) < 4.78 is 6.27. The third kappa shape index (κ3) is 3.82. The van der Waals surface area contributed by atoms with Crippen molar-refractivity contribution < 1.29 is 14.6 Å². The minimum Gasteiger partial charge on any atom is -0.481 e. The van der Waals surface area contributed by atoms with E-state index < -0.39 is 11.6 Å². The van der Waals surface area contributed by atoms with Crippen LogP contribution in [0.1, 0.15) is 50.0 Å². The molecule has 152 valence electrons. The van der Waals surface area contributed by atoms with E-state index in [0.717, 1.165) is 34.9 Å². The highest BCUT2D eigenvalue weighted by Gasteiger charge is 2.46. The number of ether oxygens (including phenoxy) is 1. The Morgan fingerprint density at radius 2 is 1.93 bits per heavy atom. The van der Waals surface area contributed by atoms with Crippen LogP contribution >= 0.6 is 0 Å². The molecule has 0 bridgehead atoms. The van der Waals surface area contributed by atoms with Crippen molar-refractivity contribution in [3.63, 3.8) is 0 Å². The first kappa shape index (κ1) is 19.7. The summed E-state index contributed by atoms with van der Waals surface area (Å²) in [5.74, 6) is -0.255. The van der Waals surface area contributed by atoms with E-state index >= 15 is 0 Å². The van der Waals surface area contributed by atoms with E-state index in [1.165, 1.54) is 18.4 Å².